The Bertz CT molecular complexity index is 919. The number of thioether (sulfide) groups is 1. The van der Waals surface area contributed by atoms with Gasteiger partial charge in [-0.15, -0.1) is 0 Å². The van der Waals surface area contributed by atoms with E-state index in [9.17, 15) is 4.79 Å². The number of rotatable bonds is 8. The van der Waals surface area contributed by atoms with Crippen molar-refractivity contribution < 1.29 is 14.3 Å². The van der Waals surface area contributed by atoms with Crippen LogP contribution < -0.4 is 9.47 Å². The Morgan fingerprint density at radius 3 is 2.38 bits per heavy atom. The zero-order chi connectivity index (χ0) is 20.8. The summed E-state index contributed by atoms with van der Waals surface area (Å²) in [5.74, 6) is 1.64. The Morgan fingerprint density at radius 2 is 1.72 bits per heavy atom. The molecule has 0 N–H and O–H groups in total. The minimum atomic E-state index is -0.0302. The summed E-state index contributed by atoms with van der Waals surface area (Å²) in [5, 5.41) is 0. The van der Waals surface area contributed by atoms with Crippen LogP contribution in [-0.4, -0.2) is 34.9 Å². The predicted molar refractivity (Wildman–Crippen MR) is 124 cm³/mol. The van der Waals surface area contributed by atoms with Gasteiger partial charge in [-0.2, -0.15) is 0 Å². The van der Waals surface area contributed by atoms with Crippen molar-refractivity contribution in [2.75, 3.05) is 19.8 Å². The Hall–Kier alpha value is -2.31. The topological polar surface area (TPSA) is 38.8 Å². The number of aryl methyl sites for hydroxylation is 2. The van der Waals surface area contributed by atoms with E-state index < -0.39 is 0 Å². The zero-order valence-corrected chi connectivity index (χ0v) is 18.6. The first-order valence-electron chi connectivity index (χ1n) is 9.65. The molecule has 1 saturated heterocycles. The first-order chi connectivity index (χ1) is 14.0. The summed E-state index contributed by atoms with van der Waals surface area (Å²) < 4.78 is 12.3. The molecule has 152 valence electrons. The van der Waals surface area contributed by atoms with Gasteiger partial charge in [-0.3, -0.25) is 9.69 Å². The molecule has 0 saturated carbocycles. The molecule has 0 spiro atoms. The van der Waals surface area contributed by atoms with E-state index in [0.29, 0.717) is 29.0 Å². The van der Waals surface area contributed by atoms with Gasteiger partial charge in [0.05, 0.1) is 18.1 Å². The van der Waals surface area contributed by atoms with E-state index >= 15 is 0 Å². The molecule has 1 aliphatic rings. The summed E-state index contributed by atoms with van der Waals surface area (Å²) in [6.45, 7) is 7.81. The third kappa shape index (κ3) is 5.84. The van der Waals surface area contributed by atoms with Gasteiger partial charge in [0.15, 0.2) is 0 Å². The number of benzene rings is 2. The van der Waals surface area contributed by atoms with Gasteiger partial charge in [-0.25, -0.2) is 0 Å². The van der Waals surface area contributed by atoms with E-state index in [-0.39, 0.29) is 5.91 Å². The van der Waals surface area contributed by atoms with Crippen LogP contribution in [0.3, 0.4) is 0 Å². The number of hydrogen-bond donors (Lipinski definition) is 0. The van der Waals surface area contributed by atoms with Gasteiger partial charge in [-0.05, 0) is 67.8 Å². The van der Waals surface area contributed by atoms with Crippen molar-refractivity contribution in [3.05, 3.63) is 64.1 Å². The van der Waals surface area contributed by atoms with Crippen LogP contribution in [0.25, 0.3) is 6.08 Å². The third-order valence-electron chi connectivity index (χ3n) is 4.37. The summed E-state index contributed by atoms with van der Waals surface area (Å²) >= 11 is 6.60. The van der Waals surface area contributed by atoms with Gasteiger partial charge in [0.25, 0.3) is 5.91 Å². The fraction of sp³-hybridized carbons (Fsp3) is 0.304. The van der Waals surface area contributed by atoms with Gasteiger partial charge in [0, 0.05) is 13.0 Å². The summed E-state index contributed by atoms with van der Waals surface area (Å²) in [6, 6.07) is 13.9. The second kappa shape index (κ2) is 9.94. The highest BCUT2D eigenvalue weighted by Crippen LogP contribution is 2.32. The molecule has 0 radical (unpaired) electrons. The molecule has 0 aliphatic carbocycles. The Kier molecular flexibility index (Phi) is 7.34. The van der Waals surface area contributed by atoms with Gasteiger partial charge < -0.3 is 9.47 Å². The minimum absolute atomic E-state index is 0.0302. The van der Waals surface area contributed by atoms with Crippen molar-refractivity contribution >= 4 is 40.3 Å². The first kappa shape index (κ1) is 21.4. The molecule has 1 amide bonds. The molecule has 1 aliphatic heterocycles. The van der Waals surface area contributed by atoms with Crippen molar-refractivity contribution in [3.63, 3.8) is 0 Å². The van der Waals surface area contributed by atoms with Crippen LogP contribution in [0.5, 0.6) is 11.5 Å². The number of hydrogen-bond acceptors (Lipinski definition) is 5. The molecule has 2 aromatic carbocycles. The average molecular weight is 428 g/mol. The number of carbonyl (C=O) groups excluding carboxylic acids is 1. The molecular weight excluding hydrogens is 402 g/mol. The van der Waals surface area contributed by atoms with E-state index in [2.05, 4.69) is 19.9 Å². The number of amides is 1. The Labute approximate surface area is 181 Å². The van der Waals surface area contributed by atoms with E-state index in [4.69, 9.17) is 21.7 Å². The number of thiocarbonyl (C=S) groups is 1. The second-order valence-corrected chi connectivity index (χ2v) is 8.55. The lowest BCUT2D eigenvalue weighted by atomic mass is 10.1. The van der Waals surface area contributed by atoms with E-state index in [1.54, 1.807) is 4.90 Å². The van der Waals surface area contributed by atoms with Crippen molar-refractivity contribution in [2.45, 2.75) is 27.2 Å². The smallest absolute Gasteiger partial charge is 0.266 e. The number of nitrogens with zero attached hydrogens (tertiary/aromatic N) is 1. The summed E-state index contributed by atoms with van der Waals surface area (Å²) in [4.78, 5) is 14.6. The van der Waals surface area contributed by atoms with Crippen molar-refractivity contribution in [1.29, 1.82) is 0 Å². The van der Waals surface area contributed by atoms with Crippen LogP contribution in [-0.2, 0) is 4.79 Å². The largest absolute Gasteiger partial charge is 0.493 e. The maximum atomic E-state index is 12.3. The van der Waals surface area contributed by atoms with Gasteiger partial charge in [-0.1, -0.05) is 42.2 Å². The molecule has 0 bridgehead atoms. The second-order valence-electron chi connectivity index (χ2n) is 6.87. The maximum Gasteiger partial charge on any atom is 0.266 e. The van der Waals surface area contributed by atoms with E-state index in [1.165, 1.54) is 22.9 Å². The van der Waals surface area contributed by atoms with Gasteiger partial charge in [0.1, 0.15) is 15.8 Å². The zero-order valence-electron chi connectivity index (χ0n) is 16.9. The highest BCUT2D eigenvalue weighted by atomic mass is 32.2. The van der Waals surface area contributed by atoms with Crippen LogP contribution in [0, 0.1) is 13.8 Å². The van der Waals surface area contributed by atoms with Crippen LogP contribution in [0.4, 0.5) is 0 Å². The fourth-order valence-electron chi connectivity index (χ4n) is 3.07. The number of ether oxygens (including phenoxy) is 2. The fourth-order valence-corrected chi connectivity index (χ4v) is 4.46. The average Bonchev–Trinajstić information content (AvgIpc) is 2.93. The molecule has 4 nitrogen and oxygen atoms in total. The van der Waals surface area contributed by atoms with Crippen LogP contribution >= 0.6 is 24.0 Å². The minimum Gasteiger partial charge on any atom is -0.493 e. The third-order valence-corrected chi connectivity index (χ3v) is 5.74. The first-order valence-corrected chi connectivity index (χ1v) is 10.9. The van der Waals surface area contributed by atoms with Gasteiger partial charge >= 0.3 is 0 Å². The van der Waals surface area contributed by atoms with Crippen molar-refractivity contribution in [3.8, 4) is 11.5 Å². The normalized spacial score (nSPS) is 15.3. The van der Waals surface area contributed by atoms with Crippen LogP contribution in [0.1, 0.15) is 30.0 Å². The molecule has 0 atom stereocenters. The van der Waals surface area contributed by atoms with Crippen LogP contribution in [0.15, 0.2) is 47.4 Å². The molecule has 3 rings (SSSR count). The Balaban J connectivity index is 1.51. The molecule has 2 aromatic rings. The monoisotopic (exact) mass is 427 g/mol. The summed E-state index contributed by atoms with van der Waals surface area (Å²) in [5.41, 5.74) is 3.32. The quantitative estimate of drug-likeness (QED) is 0.322. The lowest BCUT2D eigenvalue weighted by Crippen LogP contribution is -2.27. The number of likely N-dealkylation sites (N-methyl/N-ethyl adjacent to an activating group) is 1. The lowest BCUT2D eigenvalue weighted by Gasteiger charge is -2.10. The highest BCUT2D eigenvalue weighted by molar-refractivity contribution is 8.26. The van der Waals surface area contributed by atoms with Gasteiger partial charge in [0.2, 0.25) is 0 Å². The summed E-state index contributed by atoms with van der Waals surface area (Å²) in [6.07, 6.45) is 2.65. The molecule has 0 unspecified atom stereocenters. The molecule has 1 heterocycles. The lowest BCUT2D eigenvalue weighted by molar-refractivity contribution is -0.121. The maximum absolute atomic E-state index is 12.3. The molecule has 29 heavy (non-hydrogen) atoms. The molecular formula is C23H25NO3S2. The van der Waals surface area contributed by atoms with E-state index in [1.807, 2.05) is 49.4 Å². The molecule has 6 heteroatoms. The molecule has 0 aromatic heterocycles. The molecule has 1 fully saturated rings. The Morgan fingerprint density at radius 1 is 1.03 bits per heavy atom. The standard InChI is InChI=1S/C23H25NO3S2/c1-4-24-22(25)21(29-23(24)28)15-18-7-5-8-19(14-18)26-9-6-10-27-20-12-16(2)11-17(3)13-20/h5,7-8,11-15H,4,6,9-10H2,1-3H3. The van der Waals surface area contributed by atoms with E-state index in [0.717, 1.165) is 23.5 Å². The van der Waals surface area contributed by atoms with Crippen LogP contribution in [0.2, 0.25) is 0 Å². The summed E-state index contributed by atoms with van der Waals surface area (Å²) in [7, 11) is 0. The SMILES string of the molecule is CCN1C(=O)C(=Cc2cccc(OCCCOc3cc(C)cc(C)c3)c2)SC1=S. The number of carbonyl (C=O) groups is 1. The highest BCUT2D eigenvalue weighted by Gasteiger charge is 2.30. The van der Waals surface area contributed by atoms with Crippen molar-refractivity contribution in [1.82, 2.24) is 4.90 Å². The predicted octanol–water partition coefficient (Wildman–Crippen LogP) is 5.37. The van der Waals surface area contributed by atoms with Crippen molar-refractivity contribution in [2.24, 2.45) is 0 Å².